The molecule has 1 atom stereocenters. The van der Waals surface area contributed by atoms with Gasteiger partial charge in [-0.2, -0.15) is 0 Å². The minimum atomic E-state index is 0.413. The van der Waals surface area contributed by atoms with Crippen LogP contribution in [0.1, 0.15) is 6.42 Å². The fourth-order valence-electron chi connectivity index (χ4n) is 1.12. The quantitative estimate of drug-likeness (QED) is 0.412. The Morgan fingerprint density at radius 3 is 3.27 bits per heavy atom. The maximum Gasteiger partial charge on any atom is 0.207 e. The molecule has 1 aliphatic rings. The Kier molecular flexibility index (Phi) is 3.93. The van der Waals surface area contributed by atoms with E-state index in [2.05, 4.69) is 10.6 Å². The monoisotopic (exact) mass is 158 g/mol. The lowest BCUT2D eigenvalue weighted by Gasteiger charge is -2.23. The molecule has 64 valence electrons. The smallest absolute Gasteiger partial charge is 0.207 e. The topological polar surface area (TPSA) is 50.4 Å². The largest absolute Gasteiger partial charge is 0.379 e. The van der Waals surface area contributed by atoms with Crippen molar-refractivity contribution in [2.75, 3.05) is 26.3 Å². The molecule has 4 heteroatoms. The maximum absolute atomic E-state index is 9.88. The number of amides is 1. The van der Waals surface area contributed by atoms with Crippen molar-refractivity contribution in [2.45, 2.75) is 12.5 Å². The van der Waals surface area contributed by atoms with Crippen LogP contribution in [0.5, 0.6) is 0 Å². The van der Waals surface area contributed by atoms with Crippen molar-refractivity contribution in [3.63, 3.8) is 0 Å². The van der Waals surface area contributed by atoms with Gasteiger partial charge in [-0.05, 0) is 6.42 Å². The van der Waals surface area contributed by atoms with Gasteiger partial charge in [0.2, 0.25) is 6.41 Å². The highest BCUT2D eigenvalue weighted by molar-refractivity contribution is 5.45. The third-order valence-electron chi connectivity index (χ3n) is 1.72. The second-order valence-electron chi connectivity index (χ2n) is 2.59. The van der Waals surface area contributed by atoms with Gasteiger partial charge < -0.3 is 15.4 Å². The summed E-state index contributed by atoms with van der Waals surface area (Å²) < 4.78 is 5.23. The Morgan fingerprint density at radius 1 is 1.73 bits per heavy atom. The number of hydrogen-bond acceptors (Lipinski definition) is 3. The molecule has 2 N–H and O–H groups in total. The summed E-state index contributed by atoms with van der Waals surface area (Å²) in [6.45, 7) is 3.22. The molecule has 0 spiro atoms. The van der Waals surface area contributed by atoms with Crippen LogP contribution in [0, 0.1) is 0 Å². The highest BCUT2D eigenvalue weighted by atomic mass is 16.5. The van der Waals surface area contributed by atoms with Gasteiger partial charge in [0.15, 0.2) is 0 Å². The summed E-state index contributed by atoms with van der Waals surface area (Å²) in [5.74, 6) is 0. The molecule has 0 aromatic rings. The normalized spacial score (nSPS) is 24.5. The average molecular weight is 158 g/mol. The molecular formula is C7H14N2O2. The van der Waals surface area contributed by atoms with Crippen molar-refractivity contribution in [2.24, 2.45) is 0 Å². The summed E-state index contributed by atoms with van der Waals surface area (Å²) in [7, 11) is 0. The van der Waals surface area contributed by atoms with E-state index in [4.69, 9.17) is 4.74 Å². The average Bonchev–Trinajstić information content (AvgIpc) is 2.07. The van der Waals surface area contributed by atoms with Crippen molar-refractivity contribution in [3.8, 4) is 0 Å². The second kappa shape index (κ2) is 5.09. The van der Waals surface area contributed by atoms with Crippen LogP contribution in [0.25, 0.3) is 0 Å². The number of ether oxygens (including phenoxy) is 1. The number of hydrogen-bond donors (Lipinski definition) is 2. The highest BCUT2D eigenvalue weighted by Gasteiger charge is 2.11. The molecule has 1 aliphatic heterocycles. The first kappa shape index (κ1) is 8.49. The first-order valence-electron chi connectivity index (χ1n) is 3.91. The molecule has 4 nitrogen and oxygen atoms in total. The van der Waals surface area contributed by atoms with Crippen molar-refractivity contribution >= 4 is 6.41 Å². The molecule has 0 aliphatic carbocycles. The fourth-order valence-corrected chi connectivity index (χ4v) is 1.12. The number of nitrogens with one attached hydrogen (secondary N) is 2. The molecular weight excluding hydrogens is 144 g/mol. The van der Waals surface area contributed by atoms with Gasteiger partial charge in [-0.25, -0.2) is 0 Å². The van der Waals surface area contributed by atoms with E-state index in [9.17, 15) is 4.79 Å². The molecule has 1 heterocycles. The number of carbonyl (C=O) groups is 1. The van der Waals surface area contributed by atoms with Gasteiger partial charge >= 0.3 is 0 Å². The molecule has 1 amide bonds. The zero-order valence-electron chi connectivity index (χ0n) is 6.51. The van der Waals surface area contributed by atoms with Gasteiger partial charge in [0.1, 0.15) is 0 Å². The molecule has 1 rings (SSSR count). The first-order chi connectivity index (χ1) is 5.43. The lowest BCUT2D eigenvalue weighted by atomic mass is 10.2. The second-order valence-corrected chi connectivity index (χ2v) is 2.59. The van der Waals surface area contributed by atoms with Crippen molar-refractivity contribution in [1.29, 1.82) is 0 Å². The first-order valence-corrected chi connectivity index (χ1v) is 3.91. The molecule has 0 radical (unpaired) electrons. The van der Waals surface area contributed by atoms with Gasteiger partial charge in [0, 0.05) is 19.1 Å². The lowest BCUT2D eigenvalue weighted by molar-refractivity contribution is -0.109. The van der Waals surface area contributed by atoms with Crippen LogP contribution in [-0.2, 0) is 9.53 Å². The summed E-state index contributed by atoms with van der Waals surface area (Å²) >= 11 is 0. The zero-order chi connectivity index (χ0) is 7.94. The highest BCUT2D eigenvalue weighted by Crippen LogP contribution is 1.96. The fraction of sp³-hybridized carbons (Fsp3) is 0.857. The van der Waals surface area contributed by atoms with Crippen molar-refractivity contribution in [1.82, 2.24) is 10.6 Å². The zero-order valence-corrected chi connectivity index (χ0v) is 6.51. The molecule has 0 saturated carbocycles. The number of rotatable bonds is 4. The van der Waals surface area contributed by atoms with Gasteiger partial charge in [0.25, 0.3) is 0 Å². The predicted molar refractivity (Wildman–Crippen MR) is 41.3 cm³/mol. The Labute approximate surface area is 66.3 Å². The molecule has 1 unspecified atom stereocenters. The Balaban J connectivity index is 2.00. The van der Waals surface area contributed by atoms with Crippen LogP contribution in [0.2, 0.25) is 0 Å². The summed E-state index contributed by atoms with van der Waals surface area (Å²) in [5, 5.41) is 5.92. The van der Waals surface area contributed by atoms with Gasteiger partial charge in [-0.15, -0.1) is 0 Å². The van der Waals surface area contributed by atoms with Crippen LogP contribution in [0.15, 0.2) is 0 Å². The minimum absolute atomic E-state index is 0.413. The Hall–Kier alpha value is -0.610. The molecule has 0 aromatic heterocycles. The minimum Gasteiger partial charge on any atom is -0.379 e. The van der Waals surface area contributed by atoms with Crippen LogP contribution in [0.3, 0.4) is 0 Å². The van der Waals surface area contributed by atoms with E-state index in [-0.39, 0.29) is 0 Å². The Bertz CT molecular complexity index is 113. The summed E-state index contributed by atoms with van der Waals surface area (Å²) in [4.78, 5) is 9.88. The van der Waals surface area contributed by atoms with Crippen molar-refractivity contribution in [3.05, 3.63) is 0 Å². The van der Waals surface area contributed by atoms with Gasteiger partial charge in [0.05, 0.1) is 13.2 Å². The third-order valence-corrected chi connectivity index (χ3v) is 1.72. The van der Waals surface area contributed by atoms with E-state index in [1.165, 1.54) is 0 Å². The Morgan fingerprint density at radius 2 is 2.64 bits per heavy atom. The SMILES string of the molecule is O=CNCCC1COCCN1. The molecule has 0 bridgehead atoms. The van der Waals surface area contributed by atoms with Crippen LogP contribution >= 0.6 is 0 Å². The van der Waals surface area contributed by atoms with Crippen LogP contribution in [0.4, 0.5) is 0 Å². The van der Waals surface area contributed by atoms with E-state index in [1.54, 1.807) is 0 Å². The lowest BCUT2D eigenvalue weighted by Crippen LogP contribution is -2.42. The maximum atomic E-state index is 9.88. The summed E-state index contributed by atoms with van der Waals surface area (Å²) in [6.07, 6.45) is 1.67. The number of carbonyl (C=O) groups excluding carboxylic acids is 1. The van der Waals surface area contributed by atoms with E-state index in [0.29, 0.717) is 6.04 Å². The predicted octanol–water partition coefficient (Wildman–Crippen LogP) is -0.889. The third kappa shape index (κ3) is 3.34. The molecule has 11 heavy (non-hydrogen) atoms. The summed E-state index contributed by atoms with van der Waals surface area (Å²) in [5.41, 5.74) is 0. The van der Waals surface area contributed by atoms with E-state index >= 15 is 0 Å². The van der Waals surface area contributed by atoms with E-state index < -0.39 is 0 Å². The molecule has 1 fully saturated rings. The summed E-state index contributed by atoms with van der Waals surface area (Å²) in [6, 6.07) is 0.413. The van der Waals surface area contributed by atoms with Gasteiger partial charge in [-0.3, -0.25) is 4.79 Å². The standard InChI is InChI=1S/C7H14N2O2/c10-6-8-2-1-7-5-11-4-3-9-7/h6-7,9H,1-5H2,(H,8,10). The van der Waals surface area contributed by atoms with Gasteiger partial charge in [-0.1, -0.05) is 0 Å². The molecule has 1 saturated heterocycles. The van der Waals surface area contributed by atoms with Crippen LogP contribution < -0.4 is 10.6 Å². The van der Waals surface area contributed by atoms with Crippen LogP contribution in [-0.4, -0.2) is 38.8 Å². The molecule has 0 aromatic carbocycles. The van der Waals surface area contributed by atoms with Crippen molar-refractivity contribution < 1.29 is 9.53 Å². The van der Waals surface area contributed by atoms with E-state index in [0.717, 1.165) is 39.1 Å². The van der Waals surface area contributed by atoms with E-state index in [1.807, 2.05) is 0 Å². The number of morpholine rings is 1.